The van der Waals surface area contributed by atoms with Crippen LogP contribution >= 0.6 is 0 Å². The maximum absolute atomic E-state index is 2.44. The van der Waals surface area contributed by atoms with Crippen molar-refractivity contribution < 1.29 is 4.57 Å². The van der Waals surface area contributed by atoms with Gasteiger partial charge in [-0.25, -0.2) is 0 Å². The first kappa shape index (κ1) is 12.3. The molecule has 1 heteroatoms. The molecule has 1 aliphatic heterocycles. The summed E-state index contributed by atoms with van der Waals surface area (Å²) in [6.07, 6.45) is 3.42. The van der Waals surface area contributed by atoms with Crippen LogP contribution in [0.1, 0.15) is 24.9 Å². The fourth-order valence-corrected chi connectivity index (χ4v) is 3.39. The smallest absolute Gasteiger partial charge is 0.191 e. The van der Waals surface area contributed by atoms with Crippen molar-refractivity contribution in [2.45, 2.75) is 19.4 Å². The Hall–Kier alpha value is -2.41. The third-order valence-corrected chi connectivity index (χ3v) is 4.40. The molecule has 1 nitrogen and oxygen atoms in total. The minimum Gasteiger partial charge on any atom is -0.191 e. The van der Waals surface area contributed by atoms with Gasteiger partial charge in [-0.15, -0.1) is 0 Å². The Balaban J connectivity index is 1.89. The summed E-state index contributed by atoms with van der Waals surface area (Å²) in [5.41, 5.74) is 6.72. The van der Waals surface area contributed by atoms with E-state index in [2.05, 4.69) is 84.4 Å². The summed E-state index contributed by atoms with van der Waals surface area (Å²) < 4.78 is 2.44. The van der Waals surface area contributed by atoms with E-state index in [-0.39, 0.29) is 0 Å². The number of benzene rings is 2. The highest BCUT2D eigenvalue weighted by Gasteiger charge is 2.34. The Bertz CT molecular complexity index is 790. The van der Waals surface area contributed by atoms with Crippen molar-refractivity contribution >= 4 is 0 Å². The zero-order chi connectivity index (χ0) is 14.2. The molecule has 0 spiro atoms. The molecule has 0 amide bonds. The minimum atomic E-state index is 0.458. The quantitative estimate of drug-likeness (QED) is 0.599. The monoisotopic (exact) mass is 272 g/mol. The van der Waals surface area contributed by atoms with Crippen molar-refractivity contribution in [1.82, 2.24) is 0 Å². The average molecular weight is 272 g/mol. The van der Waals surface area contributed by atoms with Crippen molar-refractivity contribution in [3.05, 3.63) is 78.5 Å². The number of pyridine rings is 1. The highest BCUT2D eigenvalue weighted by Crippen LogP contribution is 2.35. The molecule has 21 heavy (non-hydrogen) atoms. The Labute approximate surface area is 125 Å². The molecule has 3 aromatic rings. The molecule has 1 atom stereocenters. The predicted molar refractivity (Wildman–Crippen MR) is 85.9 cm³/mol. The summed E-state index contributed by atoms with van der Waals surface area (Å²) in [6.45, 7) is 2.26. The van der Waals surface area contributed by atoms with Gasteiger partial charge >= 0.3 is 0 Å². The van der Waals surface area contributed by atoms with Crippen LogP contribution in [-0.2, 0) is 0 Å². The van der Waals surface area contributed by atoms with E-state index in [1.165, 1.54) is 27.9 Å². The van der Waals surface area contributed by atoms with Gasteiger partial charge in [0.15, 0.2) is 12.2 Å². The standard InChI is InChI=1S/C20H18N/c1-2-19-17-10-6-7-11-18(17)20-13-12-16(14-21(19)20)15-8-4-3-5-9-15/h3-14,19H,2H2,1H3/q+1. The Morgan fingerprint density at radius 1 is 0.810 bits per heavy atom. The van der Waals surface area contributed by atoms with E-state index in [1.54, 1.807) is 0 Å². The van der Waals surface area contributed by atoms with Gasteiger partial charge in [-0.2, -0.15) is 4.57 Å². The van der Waals surface area contributed by atoms with Crippen molar-refractivity contribution in [3.63, 3.8) is 0 Å². The lowest BCUT2D eigenvalue weighted by atomic mass is 10.0. The first-order chi connectivity index (χ1) is 10.4. The molecule has 0 aliphatic carbocycles. The topological polar surface area (TPSA) is 3.88 Å². The molecule has 2 heterocycles. The molecular weight excluding hydrogens is 254 g/mol. The highest BCUT2D eigenvalue weighted by molar-refractivity contribution is 5.68. The van der Waals surface area contributed by atoms with Crippen LogP contribution in [0.25, 0.3) is 22.4 Å². The lowest BCUT2D eigenvalue weighted by Gasteiger charge is -2.06. The SMILES string of the molecule is CCC1c2ccccc2-c2ccc(-c3ccccc3)c[n+]21. The van der Waals surface area contributed by atoms with Crippen LogP contribution in [0.4, 0.5) is 0 Å². The summed E-state index contributed by atoms with van der Waals surface area (Å²) in [4.78, 5) is 0. The fourth-order valence-electron chi connectivity index (χ4n) is 3.39. The third-order valence-electron chi connectivity index (χ3n) is 4.40. The first-order valence-electron chi connectivity index (χ1n) is 7.58. The van der Waals surface area contributed by atoms with Gasteiger partial charge in [0.1, 0.15) is 0 Å². The molecule has 1 unspecified atom stereocenters. The van der Waals surface area contributed by atoms with E-state index in [9.17, 15) is 0 Å². The second kappa shape index (κ2) is 4.85. The van der Waals surface area contributed by atoms with Crippen LogP contribution in [0, 0.1) is 0 Å². The minimum absolute atomic E-state index is 0.458. The Morgan fingerprint density at radius 2 is 1.57 bits per heavy atom. The van der Waals surface area contributed by atoms with E-state index in [0.29, 0.717) is 6.04 Å². The van der Waals surface area contributed by atoms with E-state index < -0.39 is 0 Å². The molecule has 0 radical (unpaired) electrons. The van der Waals surface area contributed by atoms with Crippen LogP contribution in [0.2, 0.25) is 0 Å². The second-order valence-corrected chi connectivity index (χ2v) is 5.59. The van der Waals surface area contributed by atoms with Crippen LogP contribution < -0.4 is 4.57 Å². The lowest BCUT2D eigenvalue weighted by molar-refractivity contribution is -0.697. The van der Waals surface area contributed by atoms with E-state index in [0.717, 1.165) is 6.42 Å². The Kier molecular flexibility index (Phi) is 2.85. The molecule has 102 valence electrons. The van der Waals surface area contributed by atoms with Crippen LogP contribution in [0.3, 0.4) is 0 Å². The number of nitrogens with zero attached hydrogens (tertiary/aromatic N) is 1. The summed E-state index contributed by atoms with van der Waals surface area (Å²) in [5, 5.41) is 0. The van der Waals surface area contributed by atoms with Gasteiger partial charge in [0.05, 0.1) is 5.56 Å². The molecule has 0 bridgehead atoms. The van der Waals surface area contributed by atoms with Gasteiger partial charge in [0.25, 0.3) is 0 Å². The Morgan fingerprint density at radius 3 is 2.38 bits per heavy atom. The number of hydrogen-bond acceptors (Lipinski definition) is 0. The van der Waals surface area contributed by atoms with E-state index in [1.807, 2.05) is 0 Å². The van der Waals surface area contributed by atoms with Gasteiger partial charge in [0, 0.05) is 23.6 Å². The van der Waals surface area contributed by atoms with Gasteiger partial charge in [-0.1, -0.05) is 55.5 Å². The molecule has 0 fully saturated rings. The van der Waals surface area contributed by atoms with Crippen LogP contribution in [-0.4, -0.2) is 0 Å². The molecular formula is C20H18N+. The van der Waals surface area contributed by atoms with Crippen LogP contribution in [0.15, 0.2) is 72.9 Å². The zero-order valence-electron chi connectivity index (χ0n) is 12.2. The summed E-state index contributed by atoms with van der Waals surface area (Å²) in [5.74, 6) is 0. The van der Waals surface area contributed by atoms with Crippen molar-refractivity contribution in [3.8, 4) is 22.4 Å². The zero-order valence-corrected chi connectivity index (χ0v) is 12.2. The number of rotatable bonds is 2. The average Bonchev–Trinajstić information content (AvgIpc) is 2.88. The first-order valence-corrected chi connectivity index (χ1v) is 7.58. The predicted octanol–water partition coefficient (Wildman–Crippen LogP) is 4.62. The van der Waals surface area contributed by atoms with Gasteiger partial charge in [-0.05, 0) is 17.7 Å². The van der Waals surface area contributed by atoms with E-state index >= 15 is 0 Å². The fraction of sp³-hybridized carbons (Fsp3) is 0.150. The molecule has 0 saturated carbocycles. The van der Waals surface area contributed by atoms with Crippen molar-refractivity contribution in [2.24, 2.45) is 0 Å². The maximum atomic E-state index is 2.44. The molecule has 0 N–H and O–H groups in total. The van der Waals surface area contributed by atoms with Crippen LogP contribution in [0.5, 0.6) is 0 Å². The van der Waals surface area contributed by atoms with Crippen molar-refractivity contribution in [1.29, 1.82) is 0 Å². The number of hydrogen-bond donors (Lipinski definition) is 0. The normalized spacial score (nSPS) is 15.6. The van der Waals surface area contributed by atoms with E-state index in [4.69, 9.17) is 0 Å². The molecule has 1 aliphatic rings. The van der Waals surface area contributed by atoms with Crippen molar-refractivity contribution in [2.75, 3.05) is 0 Å². The van der Waals surface area contributed by atoms with Gasteiger partial charge in [-0.3, -0.25) is 0 Å². The number of fused-ring (bicyclic) bond motifs is 3. The van der Waals surface area contributed by atoms with Gasteiger partial charge in [0.2, 0.25) is 5.69 Å². The summed E-state index contributed by atoms with van der Waals surface area (Å²) in [7, 11) is 0. The molecule has 1 aromatic heterocycles. The second-order valence-electron chi connectivity index (χ2n) is 5.59. The van der Waals surface area contributed by atoms with Gasteiger partial charge < -0.3 is 0 Å². The summed E-state index contributed by atoms with van der Waals surface area (Å²) in [6, 6.07) is 24.3. The molecule has 2 aromatic carbocycles. The largest absolute Gasteiger partial charge is 0.213 e. The number of aromatic nitrogens is 1. The maximum Gasteiger partial charge on any atom is 0.213 e. The lowest BCUT2D eigenvalue weighted by Crippen LogP contribution is -2.37. The summed E-state index contributed by atoms with van der Waals surface area (Å²) >= 11 is 0. The molecule has 4 rings (SSSR count). The third kappa shape index (κ3) is 1.89. The highest BCUT2D eigenvalue weighted by atomic mass is 15.0. The molecule has 0 saturated heterocycles.